The monoisotopic (exact) mass is 347 g/mol. The van der Waals surface area contributed by atoms with Crippen LogP contribution in [-0.4, -0.2) is 25.5 Å². The molecule has 0 amide bonds. The average Bonchev–Trinajstić information content (AvgIpc) is 2.55. The Morgan fingerprint density at radius 1 is 1.00 bits per heavy atom. The number of carboxylic acid groups (broad SMARTS) is 1. The highest BCUT2D eigenvalue weighted by Crippen LogP contribution is 2.10. The minimum atomic E-state index is -3.75. The van der Waals surface area contributed by atoms with E-state index in [4.69, 9.17) is 0 Å². The number of carbonyl (C=O) groups is 1. The lowest BCUT2D eigenvalue weighted by Crippen LogP contribution is -2.42. The molecule has 2 rings (SSSR count). The van der Waals surface area contributed by atoms with Crippen molar-refractivity contribution in [2.75, 3.05) is 0 Å². The van der Waals surface area contributed by atoms with Crippen molar-refractivity contribution in [3.8, 4) is 0 Å². The Morgan fingerprint density at radius 2 is 1.58 bits per heavy atom. The van der Waals surface area contributed by atoms with Crippen LogP contribution in [0.2, 0.25) is 0 Å². The van der Waals surface area contributed by atoms with Crippen molar-refractivity contribution in [3.63, 3.8) is 0 Å². The first-order chi connectivity index (χ1) is 11.4. The Hall–Kier alpha value is -2.18. The highest BCUT2D eigenvalue weighted by Gasteiger charge is 2.24. The third kappa shape index (κ3) is 5.47. The van der Waals surface area contributed by atoms with Crippen molar-refractivity contribution in [2.24, 2.45) is 0 Å². The molecular weight excluding hydrogens is 326 g/mol. The molecule has 0 aromatic heterocycles. The molecule has 24 heavy (non-hydrogen) atoms. The zero-order valence-corrected chi connectivity index (χ0v) is 14.3. The minimum absolute atomic E-state index is 0.101. The van der Waals surface area contributed by atoms with Crippen LogP contribution in [0.1, 0.15) is 23.6 Å². The van der Waals surface area contributed by atoms with Gasteiger partial charge in [-0.05, 0) is 29.5 Å². The summed E-state index contributed by atoms with van der Waals surface area (Å²) in [4.78, 5) is 11.4. The molecule has 2 aromatic rings. The molecule has 0 spiro atoms. The van der Waals surface area contributed by atoms with Crippen LogP contribution in [-0.2, 0) is 33.4 Å². The Balaban J connectivity index is 2.07. The summed E-state index contributed by atoms with van der Waals surface area (Å²) in [5.41, 5.74) is 2.51. The molecule has 0 saturated carbocycles. The van der Waals surface area contributed by atoms with Gasteiger partial charge in [0.05, 0.1) is 5.75 Å². The molecule has 0 bridgehead atoms. The number of rotatable bonds is 8. The first kappa shape index (κ1) is 18.2. The van der Waals surface area contributed by atoms with E-state index in [1.54, 1.807) is 36.4 Å². The van der Waals surface area contributed by atoms with Crippen molar-refractivity contribution in [3.05, 3.63) is 71.3 Å². The lowest BCUT2D eigenvalue weighted by molar-refractivity contribution is -0.138. The van der Waals surface area contributed by atoms with E-state index in [9.17, 15) is 18.3 Å². The Morgan fingerprint density at radius 3 is 2.12 bits per heavy atom. The van der Waals surface area contributed by atoms with Gasteiger partial charge >= 0.3 is 5.97 Å². The van der Waals surface area contributed by atoms with E-state index in [0.717, 1.165) is 17.5 Å². The summed E-state index contributed by atoms with van der Waals surface area (Å²) in [6, 6.07) is 15.0. The zero-order valence-electron chi connectivity index (χ0n) is 13.5. The highest BCUT2D eigenvalue weighted by atomic mass is 32.2. The summed E-state index contributed by atoms with van der Waals surface area (Å²) in [7, 11) is -3.75. The van der Waals surface area contributed by atoms with Crippen molar-refractivity contribution in [1.29, 1.82) is 0 Å². The first-order valence-corrected chi connectivity index (χ1v) is 9.39. The predicted octanol–water partition coefficient (Wildman–Crippen LogP) is 2.36. The van der Waals surface area contributed by atoms with Gasteiger partial charge in [0, 0.05) is 0 Å². The maximum atomic E-state index is 12.3. The van der Waals surface area contributed by atoms with E-state index in [1.165, 1.54) is 0 Å². The van der Waals surface area contributed by atoms with Gasteiger partial charge in [-0.15, -0.1) is 0 Å². The molecule has 0 fully saturated rings. The normalized spacial score (nSPS) is 12.7. The van der Waals surface area contributed by atoms with Crippen LogP contribution >= 0.6 is 0 Å². The molecule has 128 valence electrons. The third-order valence-corrected chi connectivity index (χ3v) is 5.05. The minimum Gasteiger partial charge on any atom is -0.480 e. The van der Waals surface area contributed by atoms with Crippen molar-refractivity contribution in [1.82, 2.24) is 4.72 Å². The quantitative estimate of drug-likeness (QED) is 0.768. The molecule has 1 atom stereocenters. The number of carboxylic acids is 1. The maximum Gasteiger partial charge on any atom is 0.322 e. The molecule has 5 nitrogen and oxygen atoms in total. The van der Waals surface area contributed by atoms with Gasteiger partial charge in [0.1, 0.15) is 6.04 Å². The summed E-state index contributed by atoms with van der Waals surface area (Å²) in [5, 5.41) is 9.31. The highest BCUT2D eigenvalue weighted by molar-refractivity contribution is 7.88. The van der Waals surface area contributed by atoms with E-state index in [1.807, 2.05) is 25.1 Å². The summed E-state index contributed by atoms with van der Waals surface area (Å²) in [6.07, 6.45) is 0.980. The second kappa shape index (κ2) is 8.08. The van der Waals surface area contributed by atoms with E-state index >= 15 is 0 Å². The van der Waals surface area contributed by atoms with Gasteiger partial charge < -0.3 is 5.11 Å². The summed E-state index contributed by atoms with van der Waals surface area (Å²) in [6.45, 7) is 2.02. The Bertz CT molecular complexity index is 770. The van der Waals surface area contributed by atoms with Crippen LogP contribution in [0.4, 0.5) is 0 Å². The van der Waals surface area contributed by atoms with E-state index < -0.39 is 22.0 Å². The van der Waals surface area contributed by atoms with Gasteiger partial charge in [0.25, 0.3) is 0 Å². The van der Waals surface area contributed by atoms with Crippen LogP contribution < -0.4 is 4.72 Å². The number of nitrogens with one attached hydrogen (secondary N) is 1. The van der Waals surface area contributed by atoms with E-state index in [0.29, 0.717) is 5.56 Å². The number of hydrogen-bond acceptors (Lipinski definition) is 3. The fourth-order valence-electron chi connectivity index (χ4n) is 2.38. The lowest BCUT2D eigenvalue weighted by atomic mass is 10.1. The first-order valence-electron chi connectivity index (χ1n) is 7.74. The summed E-state index contributed by atoms with van der Waals surface area (Å²) < 4.78 is 26.9. The number of aliphatic carboxylic acids is 1. The average molecular weight is 347 g/mol. The Labute approximate surface area is 142 Å². The molecule has 0 aliphatic heterocycles. The van der Waals surface area contributed by atoms with Crippen LogP contribution in [0.25, 0.3) is 0 Å². The van der Waals surface area contributed by atoms with E-state index in [2.05, 4.69) is 4.72 Å². The smallest absolute Gasteiger partial charge is 0.322 e. The van der Waals surface area contributed by atoms with Gasteiger partial charge in [-0.1, -0.05) is 61.5 Å². The van der Waals surface area contributed by atoms with Crippen molar-refractivity contribution < 1.29 is 18.3 Å². The molecule has 2 N–H and O–H groups in total. The fourth-order valence-corrected chi connectivity index (χ4v) is 3.71. The number of hydrogen-bond donors (Lipinski definition) is 2. The van der Waals surface area contributed by atoms with Gasteiger partial charge in [-0.25, -0.2) is 13.1 Å². The summed E-state index contributed by atoms with van der Waals surface area (Å²) in [5.74, 6) is -1.43. The lowest BCUT2D eigenvalue weighted by Gasteiger charge is -2.15. The second-order valence-corrected chi connectivity index (χ2v) is 7.38. The number of benzene rings is 2. The molecular formula is C18H21NO4S. The molecule has 0 aliphatic carbocycles. The Kier molecular flexibility index (Phi) is 6.11. The van der Waals surface area contributed by atoms with Crippen molar-refractivity contribution in [2.45, 2.75) is 31.6 Å². The van der Waals surface area contributed by atoms with E-state index in [-0.39, 0.29) is 12.2 Å². The number of aryl methyl sites for hydroxylation is 1. The zero-order chi connectivity index (χ0) is 17.6. The fraction of sp³-hybridized carbons (Fsp3) is 0.278. The third-order valence-electron chi connectivity index (χ3n) is 3.69. The topological polar surface area (TPSA) is 83.5 Å². The molecule has 0 saturated heterocycles. The molecule has 0 aliphatic rings. The van der Waals surface area contributed by atoms with Crippen LogP contribution in [0.5, 0.6) is 0 Å². The van der Waals surface area contributed by atoms with Crippen molar-refractivity contribution >= 4 is 16.0 Å². The van der Waals surface area contributed by atoms with Crippen LogP contribution in [0.15, 0.2) is 54.6 Å². The van der Waals surface area contributed by atoms with Crippen LogP contribution in [0, 0.1) is 0 Å². The molecule has 0 heterocycles. The van der Waals surface area contributed by atoms with Gasteiger partial charge in [0.15, 0.2) is 0 Å². The molecule has 0 unspecified atom stereocenters. The van der Waals surface area contributed by atoms with Gasteiger partial charge in [0.2, 0.25) is 10.0 Å². The standard InChI is InChI=1S/C18H21NO4S/c1-2-14-8-10-16(11-9-14)13-24(22,23)19-17(18(20)21)12-15-6-4-3-5-7-15/h3-11,17,19H,2,12-13H2,1H3,(H,20,21)/t17-/m0/s1. The largest absolute Gasteiger partial charge is 0.480 e. The summed E-state index contributed by atoms with van der Waals surface area (Å²) >= 11 is 0. The van der Waals surface area contributed by atoms with Crippen LogP contribution in [0.3, 0.4) is 0 Å². The van der Waals surface area contributed by atoms with Gasteiger partial charge in [-0.2, -0.15) is 0 Å². The maximum absolute atomic E-state index is 12.3. The SMILES string of the molecule is CCc1ccc(CS(=O)(=O)N[C@@H](Cc2ccccc2)C(=O)O)cc1. The van der Waals surface area contributed by atoms with Gasteiger partial charge in [-0.3, -0.25) is 4.79 Å². The predicted molar refractivity (Wildman–Crippen MR) is 93.1 cm³/mol. The molecule has 2 aromatic carbocycles. The molecule has 6 heteroatoms. The second-order valence-electron chi connectivity index (χ2n) is 5.63. The number of sulfonamides is 1. The molecule has 0 radical (unpaired) electrons.